The fourth-order valence-electron chi connectivity index (χ4n) is 1.16. The second kappa shape index (κ2) is 4.99. The van der Waals surface area contributed by atoms with E-state index in [4.69, 9.17) is 4.84 Å². The van der Waals surface area contributed by atoms with Crippen molar-refractivity contribution in [2.45, 2.75) is 0 Å². The summed E-state index contributed by atoms with van der Waals surface area (Å²) in [7, 11) is 0. The fourth-order valence-corrected chi connectivity index (χ4v) is 1.41. The van der Waals surface area contributed by atoms with Gasteiger partial charge in [0.2, 0.25) is 0 Å². The van der Waals surface area contributed by atoms with Crippen molar-refractivity contribution in [1.29, 1.82) is 0 Å². The molecule has 4 heteroatoms. The zero-order valence-electron chi connectivity index (χ0n) is 8.28. The van der Waals surface area contributed by atoms with E-state index in [0.29, 0.717) is 10.2 Å². The first-order chi connectivity index (χ1) is 7.75. The number of anilines is 1. The van der Waals surface area contributed by atoms with Crippen LogP contribution in [-0.2, 0) is 0 Å². The van der Waals surface area contributed by atoms with E-state index in [2.05, 4.69) is 21.4 Å². The Balaban J connectivity index is 2.03. The summed E-state index contributed by atoms with van der Waals surface area (Å²) in [6, 6.07) is 14.0. The van der Waals surface area contributed by atoms with Crippen molar-refractivity contribution in [3.05, 3.63) is 58.8 Å². The van der Waals surface area contributed by atoms with Gasteiger partial charge >= 0.3 is 0 Å². The minimum absolute atomic E-state index is 0.354. The van der Waals surface area contributed by atoms with Crippen LogP contribution < -0.4 is 10.3 Å². The molecule has 0 spiro atoms. The number of benzene rings is 2. The lowest BCUT2D eigenvalue weighted by molar-refractivity contribution is 0.401. The quantitative estimate of drug-likeness (QED) is 0.859. The topological polar surface area (TPSA) is 21.3 Å². The van der Waals surface area contributed by atoms with E-state index < -0.39 is 0 Å². The van der Waals surface area contributed by atoms with Gasteiger partial charge in [0.05, 0.1) is 10.2 Å². The van der Waals surface area contributed by atoms with E-state index in [0.717, 1.165) is 5.69 Å². The van der Waals surface area contributed by atoms with Crippen molar-refractivity contribution in [2.24, 2.45) is 0 Å². The van der Waals surface area contributed by atoms with Crippen LogP contribution in [0.4, 0.5) is 10.1 Å². The SMILES string of the molecule is Fc1cc(ONc2ccccc2)ccc1Br. The minimum Gasteiger partial charge on any atom is -0.382 e. The first-order valence-corrected chi connectivity index (χ1v) is 5.48. The summed E-state index contributed by atoms with van der Waals surface area (Å²) in [5.74, 6) is 0.0666. The van der Waals surface area contributed by atoms with Crippen LogP contribution in [0.3, 0.4) is 0 Å². The molecular weight excluding hydrogens is 273 g/mol. The number of rotatable bonds is 3. The molecule has 0 radical (unpaired) electrons. The van der Waals surface area contributed by atoms with Crippen LogP contribution >= 0.6 is 15.9 Å². The highest BCUT2D eigenvalue weighted by molar-refractivity contribution is 9.10. The lowest BCUT2D eigenvalue weighted by Gasteiger charge is -2.08. The third kappa shape index (κ3) is 2.73. The first-order valence-electron chi connectivity index (χ1n) is 4.68. The van der Waals surface area contributed by atoms with Gasteiger partial charge in [-0.15, -0.1) is 0 Å². The molecule has 0 heterocycles. The summed E-state index contributed by atoms with van der Waals surface area (Å²) in [5, 5.41) is 0. The van der Waals surface area contributed by atoms with E-state index >= 15 is 0 Å². The largest absolute Gasteiger partial charge is 0.382 e. The first kappa shape index (κ1) is 11.0. The van der Waals surface area contributed by atoms with E-state index in [1.165, 1.54) is 6.07 Å². The summed E-state index contributed by atoms with van der Waals surface area (Å²) < 4.78 is 13.6. The van der Waals surface area contributed by atoms with Gasteiger partial charge in [-0.2, -0.15) is 0 Å². The smallest absolute Gasteiger partial charge is 0.158 e. The van der Waals surface area contributed by atoms with E-state index in [1.807, 2.05) is 30.3 Å². The monoisotopic (exact) mass is 281 g/mol. The number of hydrogen-bond donors (Lipinski definition) is 1. The molecule has 0 fully saturated rings. The molecule has 82 valence electrons. The molecule has 2 aromatic carbocycles. The molecule has 0 aromatic heterocycles. The number of para-hydroxylation sites is 1. The molecule has 0 atom stereocenters. The molecule has 0 aliphatic carbocycles. The van der Waals surface area contributed by atoms with E-state index in [-0.39, 0.29) is 5.82 Å². The molecule has 2 aromatic rings. The maximum Gasteiger partial charge on any atom is 0.158 e. The second-order valence-corrected chi connectivity index (χ2v) is 4.00. The molecule has 0 saturated heterocycles. The van der Waals surface area contributed by atoms with Crippen molar-refractivity contribution < 1.29 is 9.23 Å². The number of halogens is 2. The highest BCUT2D eigenvalue weighted by Gasteiger charge is 2.01. The maximum absolute atomic E-state index is 13.2. The van der Waals surface area contributed by atoms with Gasteiger partial charge in [0, 0.05) is 6.07 Å². The third-order valence-corrected chi connectivity index (χ3v) is 2.59. The molecule has 0 bridgehead atoms. The van der Waals surface area contributed by atoms with Crippen LogP contribution in [-0.4, -0.2) is 0 Å². The lowest BCUT2D eigenvalue weighted by Crippen LogP contribution is -2.04. The van der Waals surface area contributed by atoms with Crippen molar-refractivity contribution in [2.75, 3.05) is 5.48 Å². The summed E-state index contributed by atoms with van der Waals surface area (Å²) in [4.78, 5) is 5.22. The second-order valence-electron chi connectivity index (χ2n) is 3.15. The summed E-state index contributed by atoms with van der Waals surface area (Å²) in [5.41, 5.74) is 3.54. The van der Waals surface area contributed by atoms with Gasteiger partial charge in [-0.3, -0.25) is 0 Å². The predicted octanol–water partition coefficient (Wildman–Crippen LogP) is 3.99. The van der Waals surface area contributed by atoms with Gasteiger partial charge < -0.3 is 4.84 Å². The van der Waals surface area contributed by atoms with Crippen LogP contribution in [0.25, 0.3) is 0 Å². The lowest BCUT2D eigenvalue weighted by atomic mass is 10.3. The Morgan fingerprint density at radius 1 is 1.06 bits per heavy atom. The Hall–Kier alpha value is -1.55. The zero-order valence-corrected chi connectivity index (χ0v) is 9.87. The Morgan fingerprint density at radius 3 is 2.50 bits per heavy atom. The Kier molecular flexibility index (Phi) is 3.41. The van der Waals surface area contributed by atoms with Gasteiger partial charge in [0.25, 0.3) is 0 Å². The molecule has 0 aliphatic heterocycles. The van der Waals surface area contributed by atoms with Crippen molar-refractivity contribution in [3.8, 4) is 5.75 Å². The standard InChI is InChI=1S/C12H9BrFNO/c13-11-7-6-10(8-12(11)14)16-15-9-4-2-1-3-5-9/h1-8,15H. The minimum atomic E-state index is -0.354. The number of hydrogen-bond acceptors (Lipinski definition) is 2. The summed E-state index contributed by atoms with van der Waals surface area (Å²) >= 11 is 3.07. The number of nitrogens with one attached hydrogen (secondary N) is 1. The Labute approximate surface area is 101 Å². The normalized spacial score (nSPS) is 9.88. The molecule has 1 N–H and O–H groups in total. The van der Waals surface area contributed by atoms with E-state index in [9.17, 15) is 4.39 Å². The molecule has 2 rings (SSSR count). The van der Waals surface area contributed by atoms with Crippen LogP contribution in [0, 0.1) is 5.82 Å². The fraction of sp³-hybridized carbons (Fsp3) is 0. The van der Waals surface area contributed by atoms with Crippen molar-refractivity contribution in [1.82, 2.24) is 0 Å². The van der Waals surface area contributed by atoms with Crippen LogP contribution in [0.15, 0.2) is 53.0 Å². The molecule has 0 saturated carbocycles. The van der Waals surface area contributed by atoms with Crippen molar-refractivity contribution >= 4 is 21.6 Å². The van der Waals surface area contributed by atoms with Crippen LogP contribution in [0.2, 0.25) is 0 Å². The maximum atomic E-state index is 13.2. The van der Waals surface area contributed by atoms with Gasteiger partial charge in [-0.25, -0.2) is 9.87 Å². The highest BCUT2D eigenvalue weighted by atomic mass is 79.9. The molecular formula is C12H9BrFNO. The van der Waals surface area contributed by atoms with Gasteiger partial charge in [-0.05, 0) is 40.2 Å². The molecule has 2 nitrogen and oxygen atoms in total. The average molecular weight is 282 g/mol. The van der Waals surface area contributed by atoms with Gasteiger partial charge in [0.1, 0.15) is 5.82 Å². The molecule has 0 aliphatic rings. The summed E-state index contributed by atoms with van der Waals surface area (Å²) in [6.07, 6.45) is 0. The molecule has 16 heavy (non-hydrogen) atoms. The molecule has 0 amide bonds. The average Bonchev–Trinajstić information content (AvgIpc) is 2.32. The zero-order chi connectivity index (χ0) is 11.4. The Morgan fingerprint density at radius 2 is 1.81 bits per heavy atom. The van der Waals surface area contributed by atoms with Crippen LogP contribution in [0.5, 0.6) is 5.75 Å². The Bertz CT molecular complexity index is 476. The van der Waals surface area contributed by atoms with Gasteiger partial charge in [-0.1, -0.05) is 18.2 Å². The molecule has 0 unspecified atom stereocenters. The van der Waals surface area contributed by atoms with Crippen molar-refractivity contribution in [3.63, 3.8) is 0 Å². The predicted molar refractivity (Wildman–Crippen MR) is 64.8 cm³/mol. The van der Waals surface area contributed by atoms with E-state index in [1.54, 1.807) is 12.1 Å². The third-order valence-electron chi connectivity index (χ3n) is 1.95. The van der Waals surface area contributed by atoms with Crippen LogP contribution in [0.1, 0.15) is 0 Å². The summed E-state index contributed by atoms with van der Waals surface area (Å²) in [6.45, 7) is 0. The highest BCUT2D eigenvalue weighted by Crippen LogP contribution is 2.21. The van der Waals surface area contributed by atoms with Gasteiger partial charge in [0.15, 0.2) is 5.75 Å².